The summed E-state index contributed by atoms with van der Waals surface area (Å²) in [5, 5.41) is 9.85. The number of aromatic nitrogens is 3. The van der Waals surface area contributed by atoms with Crippen LogP contribution in [0.4, 0.5) is 0 Å². The molecule has 0 unspecified atom stereocenters. The maximum absolute atomic E-state index is 5.46. The molecule has 0 aliphatic heterocycles. The minimum Gasteiger partial charge on any atom is -0.329 e. The Balaban J connectivity index is 2.35. The third kappa shape index (κ3) is 1.61. The summed E-state index contributed by atoms with van der Waals surface area (Å²) in [5.41, 5.74) is 6.50. The Kier molecular flexibility index (Phi) is 2.37. The van der Waals surface area contributed by atoms with Crippen molar-refractivity contribution < 1.29 is 0 Å². The molecule has 13 heavy (non-hydrogen) atoms. The van der Waals surface area contributed by atoms with E-state index < -0.39 is 0 Å². The Hall–Kier alpha value is -1.20. The van der Waals surface area contributed by atoms with Crippen molar-refractivity contribution in [3.05, 3.63) is 23.7 Å². The van der Waals surface area contributed by atoms with Gasteiger partial charge >= 0.3 is 0 Å². The molecule has 2 aromatic rings. The van der Waals surface area contributed by atoms with Gasteiger partial charge in [0, 0.05) is 6.54 Å². The lowest BCUT2D eigenvalue weighted by atomic mass is 10.3. The Morgan fingerprint density at radius 3 is 3.15 bits per heavy atom. The van der Waals surface area contributed by atoms with Crippen LogP contribution >= 0.6 is 11.3 Å². The van der Waals surface area contributed by atoms with Crippen molar-refractivity contribution in [2.45, 2.75) is 6.54 Å². The minimum atomic E-state index is 0.585. The Morgan fingerprint density at radius 1 is 1.54 bits per heavy atom. The normalized spacial score (nSPS) is 10.5. The molecular weight excluding hydrogens is 184 g/mol. The molecule has 0 radical (unpaired) electrons. The predicted molar refractivity (Wildman–Crippen MR) is 52.4 cm³/mol. The molecular formula is C8H10N4S. The number of nitrogens with two attached hydrogens (primary N) is 1. The van der Waals surface area contributed by atoms with Crippen LogP contribution < -0.4 is 5.73 Å². The molecule has 0 aromatic carbocycles. The van der Waals surface area contributed by atoms with Crippen molar-refractivity contribution in [3.63, 3.8) is 0 Å². The smallest absolute Gasteiger partial charge is 0.0985 e. The van der Waals surface area contributed by atoms with E-state index in [1.807, 2.05) is 16.1 Å². The van der Waals surface area contributed by atoms with Gasteiger partial charge in [0.1, 0.15) is 0 Å². The molecule has 0 fully saturated rings. The maximum atomic E-state index is 5.46. The zero-order valence-electron chi connectivity index (χ0n) is 7.05. The van der Waals surface area contributed by atoms with Crippen molar-refractivity contribution in [2.75, 3.05) is 6.54 Å². The third-order valence-corrected chi connectivity index (χ3v) is 2.62. The standard InChI is InChI=1S/C8H10N4S/c9-3-4-12-7(6-10-11-12)8-2-1-5-13-8/h1-2,5-6H,3-4,9H2. The summed E-state index contributed by atoms with van der Waals surface area (Å²) in [6, 6.07) is 4.07. The van der Waals surface area contributed by atoms with Crippen molar-refractivity contribution in [2.24, 2.45) is 5.73 Å². The zero-order valence-corrected chi connectivity index (χ0v) is 7.87. The first-order valence-corrected chi connectivity index (χ1v) is 4.92. The van der Waals surface area contributed by atoms with E-state index in [1.165, 1.54) is 4.88 Å². The average molecular weight is 194 g/mol. The van der Waals surface area contributed by atoms with E-state index in [-0.39, 0.29) is 0 Å². The lowest BCUT2D eigenvalue weighted by Crippen LogP contribution is -2.11. The van der Waals surface area contributed by atoms with Gasteiger partial charge in [-0.2, -0.15) is 0 Å². The first-order valence-electron chi connectivity index (χ1n) is 4.04. The van der Waals surface area contributed by atoms with E-state index in [0.29, 0.717) is 13.1 Å². The number of thiophene rings is 1. The van der Waals surface area contributed by atoms with Gasteiger partial charge in [-0.05, 0) is 11.4 Å². The van der Waals surface area contributed by atoms with Gasteiger partial charge in [0.2, 0.25) is 0 Å². The molecule has 4 nitrogen and oxygen atoms in total. The van der Waals surface area contributed by atoms with Crippen LogP contribution in [0.1, 0.15) is 0 Å². The summed E-state index contributed by atoms with van der Waals surface area (Å²) in [6.45, 7) is 1.30. The lowest BCUT2D eigenvalue weighted by molar-refractivity contribution is 0.604. The van der Waals surface area contributed by atoms with E-state index in [4.69, 9.17) is 5.73 Å². The van der Waals surface area contributed by atoms with Crippen molar-refractivity contribution in [3.8, 4) is 10.6 Å². The largest absolute Gasteiger partial charge is 0.329 e. The molecule has 0 spiro atoms. The van der Waals surface area contributed by atoms with E-state index in [9.17, 15) is 0 Å². The Morgan fingerprint density at radius 2 is 2.46 bits per heavy atom. The van der Waals surface area contributed by atoms with Crippen LogP contribution in [-0.2, 0) is 6.54 Å². The highest BCUT2D eigenvalue weighted by Gasteiger charge is 2.05. The fraction of sp³-hybridized carbons (Fsp3) is 0.250. The topological polar surface area (TPSA) is 56.7 Å². The first kappa shape index (κ1) is 8.40. The van der Waals surface area contributed by atoms with Crippen LogP contribution in [0.3, 0.4) is 0 Å². The van der Waals surface area contributed by atoms with Gasteiger partial charge in [-0.1, -0.05) is 11.3 Å². The molecule has 2 heterocycles. The second-order valence-corrected chi connectivity index (χ2v) is 3.56. The Bertz CT molecular complexity index is 365. The third-order valence-electron chi connectivity index (χ3n) is 1.73. The monoisotopic (exact) mass is 194 g/mol. The molecule has 0 amide bonds. The highest BCUT2D eigenvalue weighted by molar-refractivity contribution is 7.13. The summed E-state index contributed by atoms with van der Waals surface area (Å²) >= 11 is 1.68. The fourth-order valence-electron chi connectivity index (χ4n) is 1.16. The van der Waals surface area contributed by atoms with Gasteiger partial charge in [-0.25, -0.2) is 4.68 Å². The van der Waals surface area contributed by atoms with Gasteiger partial charge in [0.05, 0.1) is 23.3 Å². The molecule has 2 aromatic heterocycles. The van der Waals surface area contributed by atoms with Crippen molar-refractivity contribution >= 4 is 11.3 Å². The van der Waals surface area contributed by atoms with E-state index >= 15 is 0 Å². The van der Waals surface area contributed by atoms with E-state index in [1.54, 1.807) is 17.5 Å². The molecule has 0 saturated heterocycles. The van der Waals surface area contributed by atoms with Gasteiger partial charge in [0.15, 0.2) is 0 Å². The summed E-state index contributed by atoms with van der Waals surface area (Å²) in [4.78, 5) is 1.18. The van der Waals surface area contributed by atoms with Gasteiger partial charge in [0.25, 0.3) is 0 Å². The zero-order chi connectivity index (χ0) is 9.10. The fourth-order valence-corrected chi connectivity index (χ4v) is 1.90. The van der Waals surface area contributed by atoms with Gasteiger partial charge < -0.3 is 5.73 Å². The van der Waals surface area contributed by atoms with E-state index in [0.717, 1.165) is 5.69 Å². The molecule has 0 atom stereocenters. The number of nitrogens with zero attached hydrogens (tertiary/aromatic N) is 3. The maximum Gasteiger partial charge on any atom is 0.0985 e. The lowest BCUT2D eigenvalue weighted by Gasteiger charge is -2.00. The van der Waals surface area contributed by atoms with Crippen LogP contribution in [0.2, 0.25) is 0 Å². The van der Waals surface area contributed by atoms with Crippen LogP contribution in [0.15, 0.2) is 23.7 Å². The second kappa shape index (κ2) is 3.68. The average Bonchev–Trinajstić information content (AvgIpc) is 2.71. The van der Waals surface area contributed by atoms with Crippen LogP contribution in [0.25, 0.3) is 10.6 Å². The predicted octanol–water partition coefficient (Wildman–Crippen LogP) is 0.965. The molecule has 0 aliphatic rings. The van der Waals surface area contributed by atoms with E-state index in [2.05, 4.69) is 16.4 Å². The first-order chi connectivity index (χ1) is 6.42. The molecule has 0 bridgehead atoms. The minimum absolute atomic E-state index is 0.585. The van der Waals surface area contributed by atoms with Gasteiger partial charge in [-0.3, -0.25) is 0 Å². The molecule has 0 aliphatic carbocycles. The Labute approximate surface area is 80.0 Å². The summed E-state index contributed by atoms with van der Waals surface area (Å²) in [5.74, 6) is 0. The number of hydrogen-bond acceptors (Lipinski definition) is 4. The molecule has 2 rings (SSSR count). The van der Waals surface area contributed by atoms with Crippen LogP contribution in [0.5, 0.6) is 0 Å². The second-order valence-electron chi connectivity index (χ2n) is 2.61. The van der Waals surface area contributed by atoms with Crippen LogP contribution in [0, 0.1) is 0 Å². The summed E-state index contributed by atoms with van der Waals surface area (Å²) in [7, 11) is 0. The molecule has 0 saturated carbocycles. The van der Waals surface area contributed by atoms with Crippen molar-refractivity contribution in [1.82, 2.24) is 15.0 Å². The highest BCUT2D eigenvalue weighted by Crippen LogP contribution is 2.22. The molecule has 2 N–H and O–H groups in total. The highest BCUT2D eigenvalue weighted by atomic mass is 32.1. The number of rotatable bonds is 3. The summed E-state index contributed by atoms with van der Waals surface area (Å²) < 4.78 is 1.83. The molecule has 5 heteroatoms. The summed E-state index contributed by atoms with van der Waals surface area (Å²) in [6.07, 6.45) is 1.77. The van der Waals surface area contributed by atoms with Crippen molar-refractivity contribution in [1.29, 1.82) is 0 Å². The SMILES string of the molecule is NCCn1nncc1-c1cccs1. The molecule has 68 valence electrons. The number of hydrogen-bond donors (Lipinski definition) is 1. The quantitative estimate of drug-likeness (QED) is 0.792. The van der Waals surface area contributed by atoms with Crippen LogP contribution in [-0.4, -0.2) is 21.5 Å². The van der Waals surface area contributed by atoms with Gasteiger partial charge in [-0.15, -0.1) is 16.4 Å².